The fourth-order valence-corrected chi connectivity index (χ4v) is 2.90. The molecule has 3 N–H and O–H groups in total. The molecule has 6 heteroatoms. The average molecular weight is 313 g/mol. The summed E-state index contributed by atoms with van der Waals surface area (Å²) in [4.78, 5) is 27.4. The lowest BCUT2D eigenvalue weighted by atomic mass is 10.1. The van der Waals surface area contributed by atoms with Gasteiger partial charge in [0.1, 0.15) is 12.0 Å². The Morgan fingerprint density at radius 3 is 2.65 bits per heavy atom. The van der Waals surface area contributed by atoms with Gasteiger partial charge >= 0.3 is 5.97 Å². The number of hydrogen-bond acceptors (Lipinski definition) is 4. The summed E-state index contributed by atoms with van der Waals surface area (Å²) < 4.78 is 0. The summed E-state index contributed by atoms with van der Waals surface area (Å²) in [6, 6.07) is 11.9. The molecule has 1 aliphatic rings. The van der Waals surface area contributed by atoms with Gasteiger partial charge in [-0.05, 0) is 49.6 Å². The number of carbonyl (C=O) groups is 1. The second-order valence-electron chi connectivity index (χ2n) is 5.63. The zero-order valence-electron chi connectivity index (χ0n) is 12.7. The lowest BCUT2D eigenvalue weighted by molar-refractivity contribution is 0.0697. The molecule has 1 atom stereocenters. The van der Waals surface area contributed by atoms with Gasteiger partial charge in [0.05, 0.1) is 5.56 Å². The minimum atomic E-state index is -0.924. The topological polar surface area (TPSA) is 85.4 Å². The summed E-state index contributed by atoms with van der Waals surface area (Å²) in [5.41, 5.74) is 1.12. The summed E-state index contributed by atoms with van der Waals surface area (Å²) in [5.74, 6) is -0.233. The Kier molecular flexibility index (Phi) is 4.32. The molecule has 3 rings (SSSR count). The number of aromatic nitrogens is 1. The normalized spacial score (nSPS) is 17.7. The second-order valence-corrected chi connectivity index (χ2v) is 5.63. The molecule has 0 spiro atoms. The number of anilines is 2. The molecule has 0 unspecified atom stereocenters. The van der Waals surface area contributed by atoms with Crippen molar-refractivity contribution >= 4 is 17.5 Å². The van der Waals surface area contributed by atoms with Gasteiger partial charge in [0.15, 0.2) is 0 Å². The molecule has 0 aliphatic carbocycles. The zero-order valence-corrected chi connectivity index (χ0v) is 12.7. The molecule has 0 amide bonds. The molecule has 2 heterocycles. The van der Waals surface area contributed by atoms with E-state index < -0.39 is 5.97 Å². The smallest absolute Gasteiger partial charge is 0.335 e. The standard InChI is InChI=1S/C17H19N3O3/c21-16-6-3-4-14(19-16)18-15-5-1-2-11-20(15)13-9-7-12(8-10-13)17(22)23/h3-4,6-10,15H,1-2,5,11H2,(H,22,23)(H2,18,19,21)/t15-/m0/s1. The largest absolute Gasteiger partial charge is 0.478 e. The average Bonchev–Trinajstić information content (AvgIpc) is 2.55. The van der Waals surface area contributed by atoms with Crippen LogP contribution in [-0.2, 0) is 0 Å². The first kappa shape index (κ1) is 15.1. The monoisotopic (exact) mass is 313 g/mol. The van der Waals surface area contributed by atoms with E-state index in [4.69, 9.17) is 5.11 Å². The van der Waals surface area contributed by atoms with Gasteiger partial charge in [0.2, 0.25) is 5.56 Å². The number of aromatic amines is 1. The van der Waals surface area contributed by atoms with Gasteiger partial charge in [-0.2, -0.15) is 0 Å². The summed E-state index contributed by atoms with van der Waals surface area (Å²) in [6.07, 6.45) is 3.22. The van der Waals surface area contributed by atoms with Gasteiger partial charge in [-0.3, -0.25) is 4.79 Å². The number of aromatic carboxylic acids is 1. The van der Waals surface area contributed by atoms with Crippen molar-refractivity contribution < 1.29 is 9.90 Å². The highest BCUT2D eigenvalue weighted by molar-refractivity contribution is 5.88. The quantitative estimate of drug-likeness (QED) is 0.807. The lowest BCUT2D eigenvalue weighted by Gasteiger charge is -2.38. The maximum atomic E-state index is 11.4. The van der Waals surface area contributed by atoms with Crippen molar-refractivity contribution in [2.45, 2.75) is 25.4 Å². The molecule has 2 aromatic rings. The summed E-state index contributed by atoms with van der Waals surface area (Å²) in [7, 11) is 0. The molecule has 1 saturated heterocycles. The first-order valence-electron chi connectivity index (χ1n) is 7.69. The Balaban J connectivity index is 1.80. The van der Waals surface area contributed by atoms with Crippen LogP contribution >= 0.6 is 0 Å². The van der Waals surface area contributed by atoms with E-state index in [2.05, 4.69) is 15.2 Å². The fourth-order valence-electron chi connectivity index (χ4n) is 2.90. The number of carboxylic acids is 1. The minimum Gasteiger partial charge on any atom is -0.478 e. The summed E-state index contributed by atoms with van der Waals surface area (Å²) >= 11 is 0. The number of hydrogen-bond donors (Lipinski definition) is 3. The van der Waals surface area contributed by atoms with Gasteiger partial charge in [0.25, 0.3) is 0 Å². The molecule has 1 aromatic carbocycles. The number of nitrogens with zero attached hydrogens (tertiary/aromatic N) is 1. The number of benzene rings is 1. The molecule has 1 fully saturated rings. The maximum absolute atomic E-state index is 11.4. The first-order valence-corrected chi connectivity index (χ1v) is 7.69. The van der Waals surface area contributed by atoms with Gasteiger partial charge in [-0.1, -0.05) is 6.07 Å². The third-order valence-electron chi connectivity index (χ3n) is 4.04. The number of pyridine rings is 1. The first-order chi connectivity index (χ1) is 11.1. The van der Waals surface area contributed by atoms with Crippen LogP contribution in [0.15, 0.2) is 47.3 Å². The van der Waals surface area contributed by atoms with E-state index in [1.807, 2.05) is 18.2 Å². The van der Waals surface area contributed by atoms with Crippen LogP contribution < -0.4 is 15.8 Å². The van der Waals surface area contributed by atoms with E-state index >= 15 is 0 Å². The summed E-state index contributed by atoms with van der Waals surface area (Å²) in [6.45, 7) is 0.890. The second kappa shape index (κ2) is 6.56. The third-order valence-corrected chi connectivity index (χ3v) is 4.04. The highest BCUT2D eigenvalue weighted by Crippen LogP contribution is 2.25. The number of rotatable bonds is 4. The lowest BCUT2D eigenvalue weighted by Crippen LogP contribution is -2.45. The van der Waals surface area contributed by atoms with E-state index in [9.17, 15) is 9.59 Å². The molecule has 0 bridgehead atoms. The molecule has 1 aromatic heterocycles. The Hall–Kier alpha value is -2.76. The van der Waals surface area contributed by atoms with Crippen molar-refractivity contribution in [3.05, 3.63) is 58.4 Å². The Morgan fingerprint density at radius 2 is 1.96 bits per heavy atom. The molecule has 120 valence electrons. The van der Waals surface area contributed by atoms with Crippen LogP contribution in [0.1, 0.15) is 29.6 Å². The van der Waals surface area contributed by atoms with Crippen molar-refractivity contribution in [2.24, 2.45) is 0 Å². The molecular formula is C17H19N3O3. The number of carboxylic acid groups (broad SMARTS) is 1. The van der Waals surface area contributed by atoms with Crippen LogP contribution in [0.5, 0.6) is 0 Å². The van der Waals surface area contributed by atoms with E-state index in [-0.39, 0.29) is 17.3 Å². The summed E-state index contributed by atoms with van der Waals surface area (Å²) in [5, 5.41) is 12.4. The maximum Gasteiger partial charge on any atom is 0.335 e. The third kappa shape index (κ3) is 3.53. The van der Waals surface area contributed by atoms with Gasteiger partial charge in [-0.15, -0.1) is 0 Å². The van der Waals surface area contributed by atoms with Crippen LogP contribution in [0.2, 0.25) is 0 Å². The molecule has 0 radical (unpaired) electrons. The van der Waals surface area contributed by atoms with Crippen molar-refractivity contribution in [1.29, 1.82) is 0 Å². The molecule has 6 nitrogen and oxygen atoms in total. The van der Waals surface area contributed by atoms with Crippen LogP contribution in [0.25, 0.3) is 0 Å². The zero-order chi connectivity index (χ0) is 16.2. The predicted octanol–water partition coefficient (Wildman–Crippen LogP) is 2.50. The van der Waals surface area contributed by atoms with E-state index in [0.29, 0.717) is 5.82 Å². The van der Waals surface area contributed by atoms with Crippen LogP contribution in [-0.4, -0.2) is 28.8 Å². The fraction of sp³-hybridized carbons (Fsp3) is 0.294. The minimum absolute atomic E-state index is 0.0671. The highest BCUT2D eigenvalue weighted by atomic mass is 16.4. The molecular weight excluding hydrogens is 294 g/mol. The number of H-pyrrole nitrogens is 1. The highest BCUT2D eigenvalue weighted by Gasteiger charge is 2.23. The van der Waals surface area contributed by atoms with Crippen molar-refractivity contribution in [1.82, 2.24) is 4.98 Å². The van der Waals surface area contributed by atoms with Crippen molar-refractivity contribution in [3.63, 3.8) is 0 Å². The number of nitrogens with one attached hydrogen (secondary N) is 2. The van der Waals surface area contributed by atoms with Gasteiger partial charge < -0.3 is 20.3 Å². The van der Waals surface area contributed by atoms with E-state index in [1.165, 1.54) is 6.07 Å². The van der Waals surface area contributed by atoms with Gasteiger partial charge in [0, 0.05) is 18.3 Å². The van der Waals surface area contributed by atoms with Crippen molar-refractivity contribution in [2.75, 3.05) is 16.8 Å². The van der Waals surface area contributed by atoms with E-state index in [1.54, 1.807) is 18.2 Å². The predicted molar refractivity (Wildman–Crippen MR) is 89.1 cm³/mol. The Labute approximate surface area is 133 Å². The Bertz CT molecular complexity index is 739. The molecule has 23 heavy (non-hydrogen) atoms. The Morgan fingerprint density at radius 1 is 1.17 bits per heavy atom. The van der Waals surface area contributed by atoms with Gasteiger partial charge in [-0.25, -0.2) is 4.79 Å². The van der Waals surface area contributed by atoms with Crippen LogP contribution in [0.4, 0.5) is 11.5 Å². The molecule has 0 saturated carbocycles. The van der Waals surface area contributed by atoms with Crippen LogP contribution in [0, 0.1) is 0 Å². The van der Waals surface area contributed by atoms with Crippen molar-refractivity contribution in [3.8, 4) is 0 Å². The van der Waals surface area contributed by atoms with Crippen LogP contribution in [0.3, 0.4) is 0 Å². The van der Waals surface area contributed by atoms with E-state index in [0.717, 1.165) is 31.5 Å². The number of piperidine rings is 1. The molecule has 1 aliphatic heterocycles. The SMILES string of the molecule is O=C(O)c1ccc(N2CCCC[C@H]2Nc2cccc(=O)[nH]2)cc1.